The molecule has 1 aromatic carbocycles. The van der Waals surface area contributed by atoms with Crippen molar-refractivity contribution in [1.29, 1.82) is 0 Å². The average molecular weight is 595 g/mol. The van der Waals surface area contributed by atoms with Crippen molar-refractivity contribution >= 4 is 36.4 Å². The van der Waals surface area contributed by atoms with Gasteiger partial charge < -0.3 is 28.0 Å². The van der Waals surface area contributed by atoms with Gasteiger partial charge in [0.05, 0.1) is 18.1 Å². The molecule has 0 bridgehead atoms. The van der Waals surface area contributed by atoms with Gasteiger partial charge in [0.15, 0.2) is 12.0 Å². The molecular formula is C26H32ClN4O8P. The van der Waals surface area contributed by atoms with Crippen LogP contribution in [0.2, 0.25) is 5.15 Å². The molecule has 6 atom stereocenters. The molecule has 2 fully saturated rings. The quantitative estimate of drug-likeness (QED) is 0.200. The molecule has 14 heteroatoms. The first-order valence-electron chi connectivity index (χ1n) is 12.9. The molecule has 2 aromatic heterocycles. The number of halogens is 1. The summed E-state index contributed by atoms with van der Waals surface area (Å²) in [5.74, 6) is -1.20. The van der Waals surface area contributed by atoms with Crippen molar-refractivity contribution < 1.29 is 37.4 Å². The number of carbonyl (C=O) groups is 1. The Morgan fingerprint density at radius 1 is 1.15 bits per heavy atom. The Kier molecular flexibility index (Phi) is 8.22. The molecule has 4 heterocycles. The lowest BCUT2D eigenvalue weighted by Gasteiger charge is -2.27. The van der Waals surface area contributed by atoms with E-state index < -0.39 is 50.1 Å². The monoisotopic (exact) mass is 594 g/mol. The molecule has 2 aliphatic heterocycles. The molecule has 2 saturated heterocycles. The van der Waals surface area contributed by atoms with Gasteiger partial charge >= 0.3 is 13.7 Å². The van der Waals surface area contributed by atoms with E-state index in [1.165, 1.54) is 13.3 Å². The first kappa shape index (κ1) is 28.9. The van der Waals surface area contributed by atoms with Crippen LogP contribution in [-0.4, -0.2) is 63.4 Å². The zero-order valence-corrected chi connectivity index (χ0v) is 24.4. The van der Waals surface area contributed by atoms with E-state index in [1.54, 1.807) is 74.9 Å². The first-order chi connectivity index (χ1) is 18.9. The molecular weight excluding hydrogens is 563 g/mol. The van der Waals surface area contributed by atoms with Crippen LogP contribution in [0.15, 0.2) is 48.9 Å². The highest BCUT2D eigenvalue weighted by Gasteiger charge is 2.56. The second-order valence-corrected chi connectivity index (χ2v) is 12.3. The van der Waals surface area contributed by atoms with Crippen LogP contribution < -0.4 is 9.61 Å². The molecule has 0 radical (unpaired) electrons. The van der Waals surface area contributed by atoms with E-state index in [-0.39, 0.29) is 12.7 Å². The lowest BCUT2D eigenvalue weighted by Crippen LogP contribution is -2.38. The highest BCUT2D eigenvalue weighted by molar-refractivity contribution is 7.52. The van der Waals surface area contributed by atoms with Gasteiger partial charge in [0.2, 0.25) is 0 Å². The second kappa shape index (κ2) is 11.4. The number of ether oxygens (including phenoxy) is 4. The van der Waals surface area contributed by atoms with Crippen molar-refractivity contribution in [2.24, 2.45) is 0 Å². The third-order valence-corrected chi connectivity index (χ3v) is 8.24. The molecule has 2 aliphatic rings. The summed E-state index contributed by atoms with van der Waals surface area (Å²) < 4.78 is 51.4. The molecule has 0 amide bonds. The normalized spacial score (nSPS) is 26.0. The van der Waals surface area contributed by atoms with E-state index >= 15 is 0 Å². The zero-order valence-electron chi connectivity index (χ0n) is 22.7. The van der Waals surface area contributed by atoms with Crippen molar-refractivity contribution in [3.05, 3.63) is 54.1 Å². The highest BCUT2D eigenvalue weighted by Crippen LogP contribution is 2.48. The van der Waals surface area contributed by atoms with Gasteiger partial charge in [-0.25, -0.2) is 14.5 Å². The smallest absolute Gasteiger partial charge is 0.459 e. The maximum atomic E-state index is 14.0. The molecule has 3 aromatic rings. The fraction of sp³-hybridized carbons (Fsp3) is 0.500. The van der Waals surface area contributed by atoms with Crippen molar-refractivity contribution in [2.75, 3.05) is 6.61 Å². The third-order valence-electron chi connectivity index (χ3n) is 6.29. The number of nitrogens with one attached hydrogen (secondary N) is 1. The van der Waals surface area contributed by atoms with Gasteiger partial charge in [0.25, 0.3) is 0 Å². The van der Waals surface area contributed by atoms with Crippen LogP contribution in [0, 0.1) is 0 Å². The number of hydrogen-bond donors (Lipinski definition) is 1. The summed E-state index contributed by atoms with van der Waals surface area (Å²) in [7, 11) is -4.11. The number of carbonyl (C=O) groups excluding carboxylic acids is 1. The van der Waals surface area contributed by atoms with Crippen molar-refractivity contribution in [3.63, 3.8) is 0 Å². The largest absolute Gasteiger partial charge is 0.462 e. The average Bonchev–Trinajstić information content (AvgIpc) is 3.54. The van der Waals surface area contributed by atoms with Gasteiger partial charge in [0, 0.05) is 6.20 Å². The topological polar surface area (TPSA) is 132 Å². The predicted octanol–water partition coefficient (Wildman–Crippen LogP) is 4.64. The molecule has 0 spiro atoms. The van der Waals surface area contributed by atoms with Crippen molar-refractivity contribution in [2.45, 2.75) is 77.1 Å². The molecule has 0 saturated carbocycles. The van der Waals surface area contributed by atoms with E-state index in [1.807, 2.05) is 0 Å². The van der Waals surface area contributed by atoms with Crippen molar-refractivity contribution in [3.8, 4) is 5.75 Å². The highest BCUT2D eigenvalue weighted by atomic mass is 35.5. The maximum absolute atomic E-state index is 14.0. The number of esters is 1. The Bertz CT molecular complexity index is 1400. The van der Waals surface area contributed by atoms with Crippen molar-refractivity contribution in [1.82, 2.24) is 19.6 Å². The van der Waals surface area contributed by atoms with E-state index in [2.05, 4.69) is 15.1 Å². The maximum Gasteiger partial charge on any atom is 0.459 e. The van der Waals surface area contributed by atoms with E-state index in [0.717, 1.165) is 0 Å². The number of hydrogen-bond acceptors (Lipinski definition) is 10. The Hall–Kier alpha value is -2.57. The summed E-state index contributed by atoms with van der Waals surface area (Å²) in [6, 6.07) is 9.33. The summed E-state index contributed by atoms with van der Waals surface area (Å²) in [5, 5.41) is 3.67. The van der Waals surface area contributed by atoms with Crippen LogP contribution in [0.25, 0.3) is 11.0 Å². The fourth-order valence-corrected chi connectivity index (χ4v) is 6.36. The van der Waals surface area contributed by atoms with Crippen LogP contribution in [0.5, 0.6) is 5.75 Å². The van der Waals surface area contributed by atoms with Gasteiger partial charge in [-0.2, -0.15) is 5.09 Å². The summed E-state index contributed by atoms with van der Waals surface area (Å²) in [6.45, 7) is 8.39. The predicted molar refractivity (Wildman–Crippen MR) is 145 cm³/mol. The van der Waals surface area contributed by atoms with Crippen LogP contribution >= 0.6 is 19.3 Å². The Morgan fingerprint density at radius 2 is 1.88 bits per heavy atom. The molecule has 40 heavy (non-hydrogen) atoms. The fourth-order valence-electron chi connectivity index (χ4n) is 4.67. The van der Waals surface area contributed by atoms with Gasteiger partial charge in [-0.3, -0.25) is 9.32 Å². The minimum atomic E-state index is -4.11. The number of fused-ring (bicyclic) bond motifs is 2. The molecule has 216 valence electrons. The van der Waals surface area contributed by atoms with Gasteiger partial charge in [-0.05, 0) is 52.8 Å². The van der Waals surface area contributed by atoms with Crippen LogP contribution in [0.3, 0.4) is 0 Å². The SMILES string of the molecule is CC(C)OC(=O)[C@H](C)N[P@](=O)(OC[C@H]1O[C@@H](n2ccc3c(Cl)ncnc32)[C@@H]2OC(C)(C)O[C@@H]21)Oc1ccccc1. The van der Waals surface area contributed by atoms with Crippen LogP contribution in [-0.2, 0) is 32.8 Å². The van der Waals surface area contributed by atoms with Gasteiger partial charge in [0.1, 0.15) is 47.2 Å². The summed E-state index contributed by atoms with van der Waals surface area (Å²) in [5.41, 5.74) is 0.566. The minimum Gasteiger partial charge on any atom is -0.462 e. The third kappa shape index (κ3) is 6.18. The summed E-state index contributed by atoms with van der Waals surface area (Å²) >= 11 is 6.25. The molecule has 12 nitrogen and oxygen atoms in total. The van der Waals surface area contributed by atoms with E-state index in [4.69, 9.17) is 39.6 Å². The number of aromatic nitrogens is 3. The lowest BCUT2D eigenvalue weighted by atomic mass is 10.1. The number of para-hydroxylation sites is 1. The Morgan fingerprint density at radius 3 is 2.60 bits per heavy atom. The Labute approximate surface area is 236 Å². The van der Waals surface area contributed by atoms with E-state index in [0.29, 0.717) is 21.9 Å². The van der Waals surface area contributed by atoms with Gasteiger partial charge in [-0.1, -0.05) is 29.8 Å². The Balaban J connectivity index is 1.38. The molecule has 0 unspecified atom stereocenters. The first-order valence-corrected chi connectivity index (χ1v) is 14.8. The van der Waals surface area contributed by atoms with Crippen LogP contribution in [0.4, 0.5) is 0 Å². The number of benzene rings is 1. The van der Waals surface area contributed by atoms with Gasteiger partial charge in [-0.15, -0.1) is 0 Å². The second-order valence-electron chi connectivity index (χ2n) is 10.3. The zero-order chi connectivity index (χ0) is 28.7. The molecule has 0 aliphatic carbocycles. The number of nitrogens with zero attached hydrogens (tertiary/aromatic N) is 3. The summed E-state index contributed by atoms with van der Waals surface area (Å²) in [6.07, 6.45) is 0.361. The summed E-state index contributed by atoms with van der Waals surface area (Å²) in [4.78, 5) is 20.9. The van der Waals surface area contributed by atoms with Crippen LogP contribution in [0.1, 0.15) is 40.8 Å². The van der Waals surface area contributed by atoms with E-state index in [9.17, 15) is 9.36 Å². The molecule has 1 N–H and O–H groups in total. The standard InChI is InChI=1S/C26H32ClN4O8P/c1-15(2)35-25(32)16(3)30-40(33,39-17-9-7-6-8-10-17)34-13-19-20-21(38-26(4,5)37-20)24(36-19)31-12-11-18-22(27)28-14-29-23(18)31/h6-12,14-16,19-21,24H,13H2,1-5H3,(H,30,33)/t16-,19+,20+,21+,24+,40-/m0/s1. The minimum absolute atomic E-state index is 0.199. The number of rotatable bonds is 10. The molecule has 5 rings (SSSR count). The lowest BCUT2D eigenvalue weighted by molar-refractivity contribution is -0.199.